The van der Waals surface area contributed by atoms with Crippen LogP contribution in [0.1, 0.15) is 18.1 Å². The van der Waals surface area contributed by atoms with Crippen molar-refractivity contribution in [3.63, 3.8) is 0 Å². The van der Waals surface area contributed by atoms with E-state index in [2.05, 4.69) is 5.92 Å². The van der Waals surface area contributed by atoms with E-state index in [0.29, 0.717) is 5.57 Å². The van der Waals surface area contributed by atoms with Gasteiger partial charge in [0.25, 0.3) is 0 Å². The molecular weight excluding hydrogens is 282 g/mol. The molecule has 23 heavy (non-hydrogen) atoms. The van der Waals surface area contributed by atoms with Crippen LogP contribution in [-0.4, -0.2) is 5.91 Å². The molecular formula is C21H19NO. The number of primary amides is 1. The molecule has 0 atom stereocenters. The van der Waals surface area contributed by atoms with E-state index in [1.54, 1.807) is 6.08 Å². The van der Waals surface area contributed by atoms with Crippen molar-refractivity contribution in [3.8, 4) is 12.3 Å². The third-order valence-corrected chi connectivity index (χ3v) is 3.80. The van der Waals surface area contributed by atoms with Crippen molar-refractivity contribution in [2.24, 2.45) is 5.73 Å². The maximum absolute atomic E-state index is 12.7. The quantitative estimate of drug-likeness (QED) is 0.665. The van der Waals surface area contributed by atoms with E-state index in [0.717, 1.165) is 11.1 Å². The van der Waals surface area contributed by atoms with E-state index in [9.17, 15) is 4.79 Å². The summed E-state index contributed by atoms with van der Waals surface area (Å²) in [5.74, 6) is 2.07. The summed E-state index contributed by atoms with van der Waals surface area (Å²) in [6.07, 6.45) is 10.8. The van der Waals surface area contributed by atoms with Gasteiger partial charge in [-0.3, -0.25) is 4.79 Å². The molecule has 2 N–H and O–H groups in total. The van der Waals surface area contributed by atoms with Crippen LogP contribution in [0.2, 0.25) is 0 Å². The third kappa shape index (κ3) is 2.95. The van der Waals surface area contributed by atoms with Crippen molar-refractivity contribution in [1.29, 1.82) is 0 Å². The lowest BCUT2D eigenvalue weighted by atomic mass is 9.68. The molecule has 2 heteroatoms. The Kier molecular flexibility index (Phi) is 5.17. The van der Waals surface area contributed by atoms with Gasteiger partial charge in [-0.2, -0.15) is 0 Å². The van der Waals surface area contributed by atoms with E-state index in [1.807, 2.05) is 79.7 Å². The van der Waals surface area contributed by atoms with Crippen LogP contribution in [0.25, 0.3) is 0 Å². The number of terminal acetylenes is 1. The molecule has 114 valence electrons. The minimum absolute atomic E-state index is 0.463. The first kappa shape index (κ1) is 16.3. The maximum atomic E-state index is 12.7. The Morgan fingerprint density at radius 3 is 1.87 bits per heavy atom. The van der Waals surface area contributed by atoms with Gasteiger partial charge in [-0.25, -0.2) is 0 Å². The van der Waals surface area contributed by atoms with Crippen LogP contribution < -0.4 is 5.73 Å². The number of hydrogen-bond donors (Lipinski definition) is 1. The molecule has 0 aliphatic carbocycles. The van der Waals surface area contributed by atoms with Crippen molar-refractivity contribution in [1.82, 2.24) is 0 Å². The molecule has 0 unspecified atom stereocenters. The van der Waals surface area contributed by atoms with Gasteiger partial charge in [0.15, 0.2) is 0 Å². The second-order valence-corrected chi connectivity index (χ2v) is 5.11. The Balaban J connectivity index is 2.90. The molecule has 0 heterocycles. The van der Waals surface area contributed by atoms with Gasteiger partial charge in [0.05, 0.1) is 0 Å². The number of carbonyl (C=O) groups excluding carboxylic acids is 1. The van der Waals surface area contributed by atoms with Gasteiger partial charge in [-0.05, 0) is 29.7 Å². The smallest absolute Gasteiger partial charge is 0.237 e. The Bertz CT molecular complexity index is 725. The molecule has 0 radical (unpaired) electrons. The van der Waals surface area contributed by atoms with Crippen LogP contribution >= 0.6 is 0 Å². The summed E-state index contributed by atoms with van der Waals surface area (Å²) in [5.41, 5.74) is 7.05. The summed E-state index contributed by atoms with van der Waals surface area (Å²) in [6, 6.07) is 18.9. The average molecular weight is 301 g/mol. The van der Waals surface area contributed by atoms with E-state index >= 15 is 0 Å². The topological polar surface area (TPSA) is 43.1 Å². The molecule has 1 amide bonds. The predicted molar refractivity (Wildman–Crippen MR) is 94.6 cm³/mol. The summed E-state index contributed by atoms with van der Waals surface area (Å²) in [4.78, 5) is 12.7. The highest BCUT2D eigenvalue weighted by Gasteiger charge is 2.42. The molecule has 0 aromatic heterocycles. The molecule has 2 rings (SSSR count). The number of nitrogens with two attached hydrogens (primary N) is 1. The van der Waals surface area contributed by atoms with Crippen LogP contribution in [0.15, 0.2) is 84.5 Å². The summed E-state index contributed by atoms with van der Waals surface area (Å²) in [6.45, 7) is 1.88. The van der Waals surface area contributed by atoms with Crippen LogP contribution in [0, 0.1) is 12.3 Å². The molecule has 0 aliphatic rings. The predicted octanol–water partition coefficient (Wildman–Crippen LogP) is 3.59. The Hall–Kier alpha value is -3.05. The summed E-state index contributed by atoms with van der Waals surface area (Å²) in [7, 11) is 0. The SMILES string of the molecule is C#C/C=C(\C=C/C)C(C(N)=O)(c1ccccc1)c1ccccc1. The number of allylic oxidation sites excluding steroid dienone is 3. The fourth-order valence-electron chi connectivity index (χ4n) is 2.85. The van der Waals surface area contributed by atoms with Crippen LogP contribution in [0.5, 0.6) is 0 Å². The first-order valence-corrected chi connectivity index (χ1v) is 7.38. The van der Waals surface area contributed by atoms with E-state index in [1.165, 1.54) is 0 Å². The van der Waals surface area contributed by atoms with E-state index in [4.69, 9.17) is 12.2 Å². The molecule has 0 spiro atoms. The zero-order valence-electron chi connectivity index (χ0n) is 13.1. The van der Waals surface area contributed by atoms with Crippen molar-refractivity contribution < 1.29 is 4.79 Å². The number of amides is 1. The standard InChI is InChI=1S/C21H19NO/c1-3-11-17(12-4-2)21(20(22)23,18-13-7-5-8-14-18)19-15-9-6-10-16-19/h1,4-16H,2H3,(H2,22,23)/b12-4-,17-11+. The van der Waals surface area contributed by atoms with Crippen molar-refractivity contribution in [3.05, 3.63) is 95.6 Å². The Labute approximate surface area is 137 Å². The third-order valence-electron chi connectivity index (χ3n) is 3.80. The lowest BCUT2D eigenvalue weighted by Crippen LogP contribution is -2.43. The molecule has 2 aromatic carbocycles. The lowest BCUT2D eigenvalue weighted by Gasteiger charge is -2.33. The highest BCUT2D eigenvalue weighted by molar-refractivity contribution is 5.95. The number of rotatable bonds is 5. The van der Waals surface area contributed by atoms with Gasteiger partial charge in [0, 0.05) is 0 Å². The van der Waals surface area contributed by atoms with Gasteiger partial charge in [-0.1, -0.05) is 78.7 Å². The fraction of sp³-hybridized carbons (Fsp3) is 0.0952. The molecule has 0 saturated heterocycles. The lowest BCUT2D eigenvalue weighted by molar-refractivity contribution is -0.121. The molecule has 2 aromatic rings. The normalized spacial score (nSPS) is 12.1. The summed E-state index contributed by atoms with van der Waals surface area (Å²) in [5, 5.41) is 0. The molecule has 0 bridgehead atoms. The Morgan fingerprint density at radius 1 is 1.04 bits per heavy atom. The van der Waals surface area contributed by atoms with Crippen LogP contribution in [0.3, 0.4) is 0 Å². The number of hydrogen-bond acceptors (Lipinski definition) is 1. The van der Waals surface area contributed by atoms with E-state index < -0.39 is 11.3 Å². The van der Waals surface area contributed by atoms with Crippen molar-refractivity contribution in [2.75, 3.05) is 0 Å². The van der Waals surface area contributed by atoms with Gasteiger partial charge in [0.2, 0.25) is 5.91 Å². The summed E-state index contributed by atoms with van der Waals surface area (Å²) >= 11 is 0. The van der Waals surface area contributed by atoms with Crippen molar-refractivity contribution >= 4 is 5.91 Å². The Morgan fingerprint density at radius 2 is 1.52 bits per heavy atom. The first-order valence-electron chi connectivity index (χ1n) is 7.38. The zero-order chi connectivity index (χ0) is 16.7. The maximum Gasteiger partial charge on any atom is 0.237 e. The zero-order valence-corrected chi connectivity index (χ0v) is 13.1. The minimum Gasteiger partial charge on any atom is -0.368 e. The average Bonchev–Trinajstić information content (AvgIpc) is 2.58. The molecule has 2 nitrogen and oxygen atoms in total. The van der Waals surface area contributed by atoms with Gasteiger partial charge in [-0.15, -0.1) is 6.42 Å². The van der Waals surface area contributed by atoms with Gasteiger partial charge >= 0.3 is 0 Å². The largest absolute Gasteiger partial charge is 0.368 e. The monoisotopic (exact) mass is 301 g/mol. The van der Waals surface area contributed by atoms with Gasteiger partial charge in [0.1, 0.15) is 5.41 Å². The van der Waals surface area contributed by atoms with Crippen LogP contribution in [0.4, 0.5) is 0 Å². The molecule has 0 fully saturated rings. The van der Waals surface area contributed by atoms with Gasteiger partial charge < -0.3 is 5.73 Å². The molecule has 0 aliphatic heterocycles. The van der Waals surface area contributed by atoms with Crippen LogP contribution in [-0.2, 0) is 10.2 Å². The fourth-order valence-corrected chi connectivity index (χ4v) is 2.85. The number of carbonyl (C=O) groups is 1. The second-order valence-electron chi connectivity index (χ2n) is 5.11. The van der Waals surface area contributed by atoms with Crippen molar-refractivity contribution in [2.45, 2.75) is 12.3 Å². The number of benzene rings is 2. The molecule has 0 saturated carbocycles. The highest BCUT2D eigenvalue weighted by atomic mass is 16.1. The highest BCUT2D eigenvalue weighted by Crippen LogP contribution is 2.39. The first-order chi connectivity index (χ1) is 11.2. The second kappa shape index (κ2) is 7.29. The minimum atomic E-state index is -1.12. The van der Waals surface area contributed by atoms with E-state index in [-0.39, 0.29) is 0 Å². The summed E-state index contributed by atoms with van der Waals surface area (Å²) < 4.78 is 0.